The highest BCUT2D eigenvalue weighted by atomic mass is 19.1. The highest BCUT2D eigenvalue weighted by Gasteiger charge is 2.11. The lowest BCUT2D eigenvalue weighted by Crippen LogP contribution is -2.28. The first-order valence-electron chi connectivity index (χ1n) is 9.07. The van der Waals surface area contributed by atoms with Crippen LogP contribution in [0.25, 0.3) is 10.9 Å². The number of aryl methyl sites for hydroxylation is 1. The summed E-state index contributed by atoms with van der Waals surface area (Å²) < 4.78 is 13.0. The van der Waals surface area contributed by atoms with Gasteiger partial charge in [-0.2, -0.15) is 0 Å². The van der Waals surface area contributed by atoms with Crippen LogP contribution in [0.5, 0.6) is 0 Å². The number of rotatable bonds is 6. The Bertz CT molecular complexity index is 1010. The van der Waals surface area contributed by atoms with Crippen molar-refractivity contribution in [1.29, 1.82) is 0 Å². The highest BCUT2D eigenvalue weighted by Crippen LogP contribution is 2.19. The van der Waals surface area contributed by atoms with Crippen LogP contribution in [0.1, 0.15) is 36.0 Å². The number of carbonyl (C=O) groups is 1. The predicted octanol–water partition coefficient (Wildman–Crippen LogP) is 3.83. The third-order valence-corrected chi connectivity index (χ3v) is 4.73. The third kappa shape index (κ3) is 4.82. The number of nitrogens with one attached hydrogen (secondary N) is 2. The number of H-pyrrole nitrogens is 1. The van der Waals surface area contributed by atoms with E-state index in [1.807, 2.05) is 38.1 Å². The van der Waals surface area contributed by atoms with Crippen LogP contribution in [0.15, 0.2) is 53.3 Å². The standard InChI is InChI=1S/C22H23FN2O2/c1-14-3-4-17-13-18(22(27)25-20(17)11-14)9-10-24-21(26)12-15(2)16-5-7-19(23)8-6-16/h3-8,11,13,15H,9-10,12H2,1-2H3,(H,24,26)(H,25,27). The second kappa shape index (κ2) is 8.16. The molecule has 0 bridgehead atoms. The monoisotopic (exact) mass is 366 g/mol. The third-order valence-electron chi connectivity index (χ3n) is 4.73. The molecule has 1 atom stereocenters. The number of pyridine rings is 1. The van der Waals surface area contributed by atoms with Gasteiger partial charge in [0.2, 0.25) is 5.91 Å². The number of benzene rings is 2. The largest absolute Gasteiger partial charge is 0.356 e. The summed E-state index contributed by atoms with van der Waals surface area (Å²) in [6, 6.07) is 14.0. The van der Waals surface area contributed by atoms with Crippen molar-refractivity contribution in [3.63, 3.8) is 0 Å². The smallest absolute Gasteiger partial charge is 0.251 e. The van der Waals surface area contributed by atoms with Crippen molar-refractivity contribution in [3.05, 3.63) is 81.4 Å². The van der Waals surface area contributed by atoms with Crippen molar-refractivity contribution in [3.8, 4) is 0 Å². The van der Waals surface area contributed by atoms with Gasteiger partial charge in [-0.1, -0.05) is 31.2 Å². The van der Waals surface area contributed by atoms with Gasteiger partial charge in [0.05, 0.1) is 0 Å². The number of fused-ring (bicyclic) bond motifs is 1. The SMILES string of the molecule is Cc1ccc2cc(CCNC(=O)CC(C)c3ccc(F)cc3)c(=O)[nH]c2c1. The maximum absolute atomic E-state index is 13.0. The van der Waals surface area contributed by atoms with Crippen LogP contribution < -0.4 is 10.9 Å². The lowest BCUT2D eigenvalue weighted by atomic mass is 9.97. The number of aromatic amines is 1. The number of hydrogen-bond donors (Lipinski definition) is 2. The van der Waals surface area contributed by atoms with Crippen molar-refractivity contribution in [2.24, 2.45) is 0 Å². The maximum atomic E-state index is 13.0. The van der Waals surface area contributed by atoms with Gasteiger partial charge in [-0.05, 0) is 60.0 Å². The summed E-state index contributed by atoms with van der Waals surface area (Å²) in [4.78, 5) is 27.3. The minimum Gasteiger partial charge on any atom is -0.356 e. The Kier molecular flexibility index (Phi) is 5.69. The van der Waals surface area contributed by atoms with Crippen molar-refractivity contribution in [2.75, 3.05) is 6.54 Å². The number of aromatic nitrogens is 1. The molecule has 2 N–H and O–H groups in total. The molecule has 1 heterocycles. The second-order valence-corrected chi connectivity index (χ2v) is 6.97. The quantitative estimate of drug-likeness (QED) is 0.696. The molecule has 0 aliphatic heterocycles. The van der Waals surface area contributed by atoms with Crippen LogP contribution in [0, 0.1) is 12.7 Å². The Morgan fingerprint density at radius 3 is 2.63 bits per heavy atom. The Labute approximate surface area is 157 Å². The van der Waals surface area contributed by atoms with E-state index in [4.69, 9.17) is 0 Å². The Balaban J connectivity index is 1.56. The molecule has 2 aromatic carbocycles. The van der Waals surface area contributed by atoms with Crippen LogP contribution in [0.4, 0.5) is 4.39 Å². The first-order valence-corrected chi connectivity index (χ1v) is 9.07. The van der Waals surface area contributed by atoms with Crippen molar-refractivity contribution >= 4 is 16.8 Å². The van der Waals surface area contributed by atoms with E-state index in [1.165, 1.54) is 12.1 Å². The molecule has 0 fully saturated rings. The average molecular weight is 366 g/mol. The van der Waals surface area contributed by atoms with Gasteiger partial charge in [-0.15, -0.1) is 0 Å². The molecule has 0 aliphatic carbocycles. The number of hydrogen-bond acceptors (Lipinski definition) is 2. The zero-order chi connectivity index (χ0) is 19.4. The fraction of sp³-hybridized carbons (Fsp3) is 0.273. The fourth-order valence-electron chi connectivity index (χ4n) is 3.14. The summed E-state index contributed by atoms with van der Waals surface area (Å²) in [6.45, 7) is 4.31. The molecule has 1 aromatic heterocycles. The van der Waals surface area contributed by atoms with Gasteiger partial charge in [0, 0.05) is 24.0 Å². The summed E-state index contributed by atoms with van der Waals surface area (Å²) in [5.74, 6) is -0.372. The number of halogens is 1. The van der Waals surface area contributed by atoms with E-state index in [9.17, 15) is 14.0 Å². The van der Waals surface area contributed by atoms with Crippen LogP contribution in [0.2, 0.25) is 0 Å². The van der Waals surface area contributed by atoms with Crippen molar-refractivity contribution < 1.29 is 9.18 Å². The normalized spacial score (nSPS) is 12.1. The molecule has 0 aliphatic rings. The molecule has 27 heavy (non-hydrogen) atoms. The van der Waals surface area contributed by atoms with Gasteiger partial charge in [-0.25, -0.2) is 4.39 Å². The summed E-state index contributed by atoms with van der Waals surface area (Å²) in [5.41, 5.74) is 3.36. The fourth-order valence-corrected chi connectivity index (χ4v) is 3.14. The number of amides is 1. The molecule has 0 saturated heterocycles. The Hall–Kier alpha value is -2.95. The lowest BCUT2D eigenvalue weighted by molar-refractivity contribution is -0.121. The summed E-state index contributed by atoms with van der Waals surface area (Å²) in [6.07, 6.45) is 0.787. The maximum Gasteiger partial charge on any atom is 0.251 e. The van der Waals surface area contributed by atoms with E-state index in [2.05, 4.69) is 10.3 Å². The molecule has 5 heteroatoms. The van der Waals surface area contributed by atoms with E-state index in [0.717, 1.165) is 22.0 Å². The molecule has 4 nitrogen and oxygen atoms in total. The molecule has 0 radical (unpaired) electrons. The van der Waals surface area contributed by atoms with E-state index in [-0.39, 0.29) is 23.2 Å². The average Bonchev–Trinajstić information content (AvgIpc) is 2.62. The van der Waals surface area contributed by atoms with Crippen molar-refractivity contribution in [1.82, 2.24) is 10.3 Å². The molecule has 3 rings (SSSR count). The van der Waals surface area contributed by atoms with E-state index in [1.54, 1.807) is 12.1 Å². The summed E-state index contributed by atoms with van der Waals surface area (Å²) in [7, 11) is 0. The van der Waals surface area contributed by atoms with Gasteiger partial charge < -0.3 is 10.3 Å². The molecule has 0 spiro atoms. The first-order chi connectivity index (χ1) is 12.9. The van der Waals surface area contributed by atoms with Gasteiger partial charge in [-0.3, -0.25) is 9.59 Å². The summed E-state index contributed by atoms with van der Waals surface area (Å²) in [5, 5.41) is 3.84. The highest BCUT2D eigenvalue weighted by molar-refractivity contribution is 5.79. The van der Waals surface area contributed by atoms with E-state index in [0.29, 0.717) is 24.9 Å². The van der Waals surface area contributed by atoms with E-state index >= 15 is 0 Å². The minimum atomic E-state index is -0.286. The topological polar surface area (TPSA) is 62.0 Å². The van der Waals surface area contributed by atoms with Gasteiger partial charge in [0.25, 0.3) is 5.56 Å². The molecular formula is C22H23FN2O2. The Morgan fingerprint density at radius 2 is 1.89 bits per heavy atom. The molecule has 0 saturated carbocycles. The molecular weight excluding hydrogens is 343 g/mol. The zero-order valence-corrected chi connectivity index (χ0v) is 15.5. The Morgan fingerprint density at radius 1 is 1.15 bits per heavy atom. The van der Waals surface area contributed by atoms with Gasteiger partial charge in [0.1, 0.15) is 5.82 Å². The molecule has 1 unspecified atom stereocenters. The molecule has 1 amide bonds. The predicted molar refractivity (Wildman–Crippen MR) is 105 cm³/mol. The van der Waals surface area contributed by atoms with Crippen LogP contribution in [-0.4, -0.2) is 17.4 Å². The zero-order valence-electron chi connectivity index (χ0n) is 15.5. The lowest BCUT2D eigenvalue weighted by Gasteiger charge is -2.12. The van der Waals surface area contributed by atoms with Crippen LogP contribution in [0.3, 0.4) is 0 Å². The van der Waals surface area contributed by atoms with Crippen molar-refractivity contribution in [2.45, 2.75) is 32.6 Å². The molecule has 3 aromatic rings. The number of carbonyl (C=O) groups excluding carboxylic acids is 1. The van der Waals surface area contributed by atoms with Crippen LogP contribution >= 0.6 is 0 Å². The molecule has 140 valence electrons. The first kappa shape index (κ1) is 18.8. The minimum absolute atomic E-state index is 0.00193. The van der Waals surface area contributed by atoms with Gasteiger partial charge >= 0.3 is 0 Å². The summed E-state index contributed by atoms with van der Waals surface area (Å²) >= 11 is 0. The van der Waals surface area contributed by atoms with Crippen LogP contribution in [-0.2, 0) is 11.2 Å². The van der Waals surface area contributed by atoms with Gasteiger partial charge in [0.15, 0.2) is 0 Å². The second-order valence-electron chi connectivity index (χ2n) is 6.97. The van der Waals surface area contributed by atoms with E-state index < -0.39 is 0 Å².